The number of aromatic nitrogens is 2. The van der Waals surface area contributed by atoms with Gasteiger partial charge in [-0.1, -0.05) is 55.8 Å². The number of nitrogens with one attached hydrogen (secondary N) is 2. The molecular weight excluding hydrogens is 392 g/mol. The first-order valence-corrected chi connectivity index (χ1v) is 10.6. The van der Waals surface area contributed by atoms with Crippen LogP contribution in [0.2, 0.25) is 0 Å². The molecule has 0 aliphatic carbocycles. The fourth-order valence-electron chi connectivity index (χ4n) is 3.43. The van der Waals surface area contributed by atoms with E-state index in [0.717, 1.165) is 18.4 Å². The molecule has 1 atom stereocenters. The van der Waals surface area contributed by atoms with Gasteiger partial charge in [0.25, 0.3) is 5.56 Å². The maximum Gasteiger partial charge on any atom is 0.272 e. The number of hydrogen-bond acceptors (Lipinski definition) is 4. The SMILES string of the molecule is CCCCNC(=O)[C@@H](Cc1ccccc1)NC(=O)Cn1c(=O)c(C)nc2ccccc21. The fraction of sp³-hybridized carbons (Fsp3) is 0.333. The molecule has 2 N–H and O–H groups in total. The van der Waals surface area contributed by atoms with Gasteiger partial charge in [0.05, 0.1) is 11.0 Å². The summed E-state index contributed by atoms with van der Waals surface area (Å²) in [6.45, 7) is 4.05. The monoisotopic (exact) mass is 420 g/mol. The lowest BCUT2D eigenvalue weighted by Gasteiger charge is -2.19. The second-order valence-corrected chi connectivity index (χ2v) is 7.53. The zero-order chi connectivity index (χ0) is 22.2. The fourth-order valence-corrected chi connectivity index (χ4v) is 3.43. The van der Waals surface area contributed by atoms with Crippen molar-refractivity contribution >= 4 is 22.8 Å². The molecule has 2 amide bonds. The molecular formula is C24H28N4O3. The van der Waals surface area contributed by atoms with Crippen LogP contribution in [0.1, 0.15) is 31.0 Å². The molecule has 0 spiro atoms. The molecule has 0 aliphatic rings. The summed E-state index contributed by atoms with van der Waals surface area (Å²) in [6.07, 6.45) is 2.21. The van der Waals surface area contributed by atoms with Crippen LogP contribution in [0, 0.1) is 6.92 Å². The highest BCUT2D eigenvalue weighted by atomic mass is 16.2. The van der Waals surface area contributed by atoms with Gasteiger partial charge in [-0.05, 0) is 31.0 Å². The lowest BCUT2D eigenvalue weighted by molar-refractivity contribution is -0.129. The number of carbonyl (C=O) groups excluding carboxylic acids is 2. The summed E-state index contributed by atoms with van der Waals surface area (Å²) in [6, 6.07) is 16.0. The normalized spacial score (nSPS) is 11.8. The van der Waals surface area contributed by atoms with E-state index in [9.17, 15) is 14.4 Å². The first-order chi connectivity index (χ1) is 15.0. The van der Waals surface area contributed by atoms with Crippen molar-refractivity contribution in [2.24, 2.45) is 0 Å². The summed E-state index contributed by atoms with van der Waals surface area (Å²) in [7, 11) is 0. The van der Waals surface area contributed by atoms with E-state index >= 15 is 0 Å². The zero-order valence-electron chi connectivity index (χ0n) is 17.9. The van der Waals surface area contributed by atoms with Crippen LogP contribution in [0.15, 0.2) is 59.4 Å². The maximum atomic E-state index is 12.9. The Hall–Kier alpha value is -3.48. The number of benzene rings is 2. The molecule has 3 aromatic rings. The van der Waals surface area contributed by atoms with Crippen LogP contribution in [0.3, 0.4) is 0 Å². The average Bonchev–Trinajstić information content (AvgIpc) is 2.77. The Morgan fingerprint density at radius 3 is 2.52 bits per heavy atom. The molecule has 31 heavy (non-hydrogen) atoms. The molecule has 0 saturated heterocycles. The topological polar surface area (TPSA) is 93.1 Å². The quantitative estimate of drug-likeness (QED) is 0.520. The molecule has 0 bridgehead atoms. The maximum absolute atomic E-state index is 12.9. The van der Waals surface area contributed by atoms with Gasteiger partial charge in [-0.2, -0.15) is 0 Å². The third-order valence-electron chi connectivity index (χ3n) is 5.08. The average molecular weight is 421 g/mol. The molecule has 7 nitrogen and oxygen atoms in total. The van der Waals surface area contributed by atoms with E-state index in [1.165, 1.54) is 4.57 Å². The van der Waals surface area contributed by atoms with Gasteiger partial charge < -0.3 is 10.6 Å². The summed E-state index contributed by atoms with van der Waals surface area (Å²) >= 11 is 0. The van der Waals surface area contributed by atoms with Gasteiger partial charge >= 0.3 is 0 Å². The van der Waals surface area contributed by atoms with Crippen LogP contribution in [0.5, 0.6) is 0 Å². The number of rotatable bonds is 9. The van der Waals surface area contributed by atoms with Crippen LogP contribution < -0.4 is 16.2 Å². The van der Waals surface area contributed by atoms with E-state index in [0.29, 0.717) is 29.7 Å². The predicted octanol–water partition coefficient (Wildman–Crippen LogP) is 2.35. The predicted molar refractivity (Wildman–Crippen MR) is 121 cm³/mol. The first-order valence-electron chi connectivity index (χ1n) is 10.6. The third kappa shape index (κ3) is 5.78. The van der Waals surface area contributed by atoms with E-state index in [-0.39, 0.29) is 18.0 Å². The Balaban J connectivity index is 1.80. The zero-order valence-corrected chi connectivity index (χ0v) is 17.9. The minimum atomic E-state index is -0.725. The van der Waals surface area contributed by atoms with E-state index in [2.05, 4.69) is 15.6 Å². The van der Waals surface area contributed by atoms with Crippen molar-refractivity contribution in [3.8, 4) is 0 Å². The van der Waals surface area contributed by atoms with Crippen LogP contribution >= 0.6 is 0 Å². The third-order valence-corrected chi connectivity index (χ3v) is 5.08. The van der Waals surface area contributed by atoms with Gasteiger partial charge in [0.2, 0.25) is 11.8 Å². The number of nitrogens with zero attached hydrogens (tertiary/aromatic N) is 2. The highest BCUT2D eigenvalue weighted by molar-refractivity contribution is 5.88. The molecule has 3 rings (SSSR count). The van der Waals surface area contributed by atoms with Crippen molar-refractivity contribution in [2.45, 2.75) is 45.7 Å². The Morgan fingerprint density at radius 2 is 1.77 bits per heavy atom. The minimum absolute atomic E-state index is 0.184. The molecule has 0 aliphatic heterocycles. The van der Waals surface area contributed by atoms with Gasteiger partial charge in [-0.15, -0.1) is 0 Å². The molecule has 0 saturated carbocycles. The lowest BCUT2D eigenvalue weighted by Crippen LogP contribution is -2.49. The van der Waals surface area contributed by atoms with Crippen molar-refractivity contribution < 1.29 is 9.59 Å². The number of hydrogen-bond donors (Lipinski definition) is 2. The lowest BCUT2D eigenvalue weighted by atomic mass is 10.1. The second kappa shape index (κ2) is 10.5. The summed E-state index contributed by atoms with van der Waals surface area (Å²) in [5, 5.41) is 5.71. The molecule has 0 fully saturated rings. The highest BCUT2D eigenvalue weighted by Crippen LogP contribution is 2.10. The van der Waals surface area contributed by atoms with Gasteiger partial charge in [-0.3, -0.25) is 19.0 Å². The molecule has 7 heteroatoms. The van der Waals surface area contributed by atoms with Crippen LogP contribution in [-0.4, -0.2) is 34.0 Å². The largest absolute Gasteiger partial charge is 0.354 e. The smallest absolute Gasteiger partial charge is 0.272 e. The Kier molecular flexibility index (Phi) is 7.54. The van der Waals surface area contributed by atoms with Crippen molar-refractivity contribution in [1.82, 2.24) is 20.2 Å². The number of carbonyl (C=O) groups is 2. The van der Waals surface area contributed by atoms with Crippen molar-refractivity contribution in [2.75, 3.05) is 6.54 Å². The van der Waals surface area contributed by atoms with Crippen LogP contribution in [-0.2, 0) is 22.6 Å². The Morgan fingerprint density at radius 1 is 1.06 bits per heavy atom. The van der Waals surface area contributed by atoms with Gasteiger partial charge in [0, 0.05) is 13.0 Å². The van der Waals surface area contributed by atoms with Gasteiger partial charge in [-0.25, -0.2) is 4.98 Å². The summed E-state index contributed by atoms with van der Waals surface area (Å²) in [5.74, 6) is -0.627. The highest BCUT2D eigenvalue weighted by Gasteiger charge is 2.22. The minimum Gasteiger partial charge on any atom is -0.354 e. The van der Waals surface area contributed by atoms with Crippen molar-refractivity contribution in [3.05, 3.63) is 76.2 Å². The van der Waals surface area contributed by atoms with Crippen LogP contribution in [0.25, 0.3) is 11.0 Å². The standard InChI is InChI=1S/C24H28N4O3/c1-3-4-14-25-23(30)20(15-18-10-6-5-7-11-18)27-22(29)16-28-21-13-9-8-12-19(21)26-17(2)24(28)31/h5-13,20H,3-4,14-16H2,1-2H3,(H,25,30)(H,27,29)/t20-/m1/s1. The van der Waals surface area contributed by atoms with E-state index in [1.54, 1.807) is 25.1 Å². The molecule has 162 valence electrons. The van der Waals surface area contributed by atoms with Gasteiger partial charge in [0.1, 0.15) is 18.3 Å². The van der Waals surface area contributed by atoms with Crippen molar-refractivity contribution in [3.63, 3.8) is 0 Å². The Labute approximate surface area is 181 Å². The van der Waals surface area contributed by atoms with E-state index in [4.69, 9.17) is 0 Å². The molecule has 0 unspecified atom stereocenters. The number of amides is 2. The number of aryl methyl sites for hydroxylation is 1. The first kappa shape index (κ1) is 22.2. The second-order valence-electron chi connectivity index (χ2n) is 7.53. The van der Waals surface area contributed by atoms with Crippen LogP contribution in [0.4, 0.5) is 0 Å². The number of fused-ring (bicyclic) bond motifs is 1. The Bertz CT molecular complexity index is 1110. The summed E-state index contributed by atoms with van der Waals surface area (Å²) in [4.78, 5) is 42.6. The summed E-state index contributed by atoms with van der Waals surface area (Å²) < 4.78 is 1.40. The summed E-state index contributed by atoms with van der Waals surface area (Å²) in [5.41, 5.74) is 2.18. The van der Waals surface area contributed by atoms with E-state index in [1.807, 2.05) is 43.3 Å². The molecule has 0 radical (unpaired) electrons. The van der Waals surface area contributed by atoms with Crippen molar-refractivity contribution in [1.29, 1.82) is 0 Å². The molecule has 1 heterocycles. The molecule has 2 aromatic carbocycles. The van der Waals surface area contributed by atoms with E-state index < -0.39 is 11.9 Å². The molecule has 1 aromatic heterocycles. The number of unbranched alkanes of at least 4 members (excludes halogenated alkanes) is 1. The number of para-hydroxylation sites is 2. The van der Waals surface area contributed by atoms with Gasteiger partial charge in [0.15, 0.2) is 0 Å².